The highest BCUT2D eigenvalue weighted by molar-refractivity contribution is 9.10. The molecule has 0 spiro atoms. The van der Waals surface area contributed by atoms with Gasteiger partial charge in [-0.3, -0.25) is 10.5 Å². The maximum atomic E-state index is 6.11. The number of aromatic nitrogens is 2. The van der Waals surface area contributed by atoms with Gasteiger partial charge in [-0.2, -0.15) is 5.10 Å². The summed E-state index contributed by atoms with van der Waals surface area (Å²) >= 11 is 12.9. The largest absolute Gasteiger partial charge is 0.271 e. The zero-order valence-electron chi connectivity index (χ0n) is 9.49. The molecule has 2 aromatic rings. The molecule has 0 saturated heterocycles. The molecule has 96 valence electrons. The van der Waals surface area contributed by atoms with Crippen LogP contribution in [0.25, 0.3) is 0 Å². The summed E-state index contributed by atoms with van der Waals surface area (Å²) in [7, 11) is 1.87. The Kier molecular flexibility index (Phi) is 4.45. The molecule has 0 amide bonds. The van der Waals surface area contributed by atoms with Crippen LogP contribution >= 0.6 is 43.5 Å². The highest BCUT2D eigenvalue weighted by Gasteiger charge is 2.20. The van der Waals surface area contributed by atoms with Crippen molar-refractivity contribution in [2.75, 3.05) is 0 Å². The summed E-state index contributed by atoms with van der Waals surface area (Å²) in [4.78, 5) is 0. The lowest BCUT2D eigenvalue weighted by Crippen LogP contribution is -2.30. The Morgan fingerprint density at radius 1 is 1.39 bits per heavy atom. The van der Waals surface area contributed by atoms with Crippen molar-refractivity contribution in [3.05, 3.63) is 49.6 Å². The Labute approximate surface area is 127 Å². The number of hydrazine groups is 1. The molecule has 0 saturated carbocycles. The number of rotatable bonds is 3. The molecule has 0 radical (unpaired) electrons. The number of benzene rings is 1. The van der Waals surface area contributed by atoms with Crippen molar-refractivity contribution < 1.29 is 0 Å². The second kappa shape index (κ2) is 5.71. The third-order valence-corrected chi connectivity index (χ3v) is 4.50. The van der Waals surface area contributed by atoms with E-state index in [1.165, 1.54) is 0 Å². The molecule has 18 heavy (non-hydrogen) atoms. The molecule has 1 aromatic heterocycles. The van der Waals surface area contributed by atoms with Crippen molar-refractivity contribution in [3.63, 3.8) is 0 Å². The molecule has 2 rings (SSSR count). The van der Waals surface area contributed by atoms with Gasteiger partial charge in [0.05, 0.1) is 27.4 Å². The molecule has 4 nitrogen and oxygen atoms in total. The van der Waals surface area contributed by atoms with Gasteiger partial charge in [0.1, 0.15) is 0 Å². The third kappa shape index (κ3) is 2.62. The summed E-state index contributed by atoms with van der Waals surface area (Å²) < 4.78 is 3.52. The second-order valence-corrected chi connectivity index (χ2v) is 5.89. The van der Waals surface area contributed by atoms with E-state index in [0.29, 0.717) is 5.02 Å². The van der Waals surface area contributed by atoms with Gasteiger partial charge in [-0.1, -0.05) is 17.7 Å². The zero-order chi connectivity index (χ0) is 13.3. The molecular formula is C11H11Br2ClN4. The topological polar surface area (TPSA) is 55.9 Å². The van der Waals surface area contributed by atoms with E-state index in [9.17, 15) is 0 Å². The van der Waals surface area contributed by atoms with E-state index in [-0.39, 0.29) is 6.04 Å². The average Bonchev–Trinajstić information content (AvgIpc) is 2.66. The normalized spacial score (nSPS) is 12.7. The van der Waals surface area contributed by atoms with E-state index >= 15 is 0 Å². The van der Waals surface area contributed by atoms with Crippen LogP contribution in [-0.4, -0.2) is 9.78 Å². The van der Waals surface area contributed by atoms with Crippen molar-refractivity contribution >= 4 is 43.5 Å². The maximum absolute atomic E-state index is 6.11. The quantitative estimate of drug-likeness (QED) is 0.621. The first kappa shape index (κ1) is 14.0. The van der Waals surface area contributed by atoms with Crippen LogP contribution < -0.4 is 11.3 Å². The van der Waals surface area contributed by atoms with Gasteiger partial charge >= 0.3 is 0 Å². The van der Waals surface area contributed by atoms with E-state index in [2.05, 4.69) is 42.4 Å². The lowest BCUT2D eigenvalue weighted by atomic mass is 10.0. The van der Waals surface area contributed by atoms with Gasteiger partial charge in [-0.15, -0.1) is 0 Å². The van der Waals surface area contributed by atoms with Crippen LogP contribution in [0.3, 0.4) is 0 Å². The third-order valence-electron chi connectivity index (χ3n) is 2.65. The molecule has 1 unspecified atom stereocenters. The average molecular weight is 394 g/mol. The van der Waals surface area contributed by atoms with Crippen molar-refractivity contribution in [2.24, 2.45) is 12.9 Å². The summed E-state index contributed by atoms with van der Waals surface area (Å²) in [6.45, 7) is 0. The summed E-state index contributed by atoms with van der Waals surface area (Å²) in [5, 5.41) is 4.83. The number of hydrogen-bond acceptors (Lipinski definition) is 3. The summed E-state index contributed by atoms with van der Waals surface area (Å²) in [5.41, 5.74) is 4.69. The molecule has 0 bridgehead atoms. The minimum absolute atomic E-state index is 0.183. The highest BCUT2D eigenvalue weighted by Crippen LogP contribution is 2.31. The fraction of sp³-hybridized carbons (Fsp3) is 0.182. The van der Waals surface area contributed by atoms with E-state index in [1.54, 1.807) is 10.9 Å². The number of nitrogens with zero attached hydrogens (tertiary/aromatic N) is 2. The van der Waals surface area contributed by atoms with Gasteiger partial charge in [0.25, 0.3) is 0 Å². The Morgan fingerprint density at radius 2 is 2.11 bits per heavy atom. The Balaban J connectivity index is 2.48. The van der Waals surface area contributed by atoms with Gasteiger partial charge in [-0.05, 0) is 49.6 Å². The summed E-state index contributed by atoms with van der Waals surface area (Å²) in [6, 6.07) is 5.54. The predicted octanol–water partition coefficient (Wildman–Crippen LogP) is 3.15. The summed E-state index contributed by atoms with van der Waals surface area (Å²) in [6.07, 6.45) is 1.74. The Bertz CT molecular complexity index is 551. The van der Waals surface area contributed by atoms with Gasteiger partial charge in [0, 0.05) is 11.5 Å². The highest BCUT2D eigenvalue weighted by atomic mass is 79.9. The Morgan fingerprint density at radius 3 is 2.61 bits per heavy atom. The fourth-order valence-electron chi connectivity index (χ4n) is 1.77. The van der Waals surface area contributed by atoms with Crippen molar-refractivity contribution in [1.29, 1.82) is 0 Å². The molecule has 0 aliphatic carbocycles. The van der Waals surface area contributed by atoms with Crippen LogP contribution in [0.15, 0.2) is 33.3 Å². The lowest BCUT2D eigenvalue weighted by Gasteiger charge is -2.18. The van der Waals surface area contributed by atoms with Gasteiger partial charge < -0.3 is 0 Å². The molecule has 7 heteroatoms. The van der Waals surface area contributed by atoms with E-state index in [4.69, 9.17) is 17.4 Å². The zero-order valence-corrected chi connectivity index (χ0v) is 13.4. The lowest BCUT2D eigenvalue weighted by molar-refractivity contribution is 0.573. The smallest absolute Gasteiger partial charge is 0.0890 e. The van der Waals surface area contributed by atoms with E-state index in [0.717, 1.165) is 20.2 Å². The molecule has 3 N–H and O–H groups in total. The molecule has 0 fully saturated rings. The Hall–Kier alpha value is -0.400. The SMILES string of the molecule is Cn1ncc(Br)c1C(NN)c1ccc(Br)c(Cl)c1. The molecule has 1 heterocycles. The van der Waals surface area contributed by atoms with Crippen LogP contribution in [0.5, 0.6) is 0 Å². The van der Waals surface area contributed by atoms with Crippen LogP contribution in [0, 0.1) is 0 Å². The molecule has 0 aliphatic rings. The number of nitrogens with two attached hydrogens (primary N) is 1. The van der Waals surface area contributed by atoms with E-state index < -0.39 is 0 Å². The second-order valence-electron chi connectivity index (χ2n) is 3.77. The van der Waals surface area contributed by atoms with Crippen molar-refractivity contribution in [2.45, 2.75) is 6.04 Å². The molecule has 0 aliphatic heterocycles. The molecule has 1 atom stereocenters. The van der Waals surface area contributed by atoms with Crippen molar-refractivity contribution in [1.82, 2.24) is 15.2 Å². The monoisotopic (exact) mass is 392 g/mol. The van der Waals surface area contributed by atoms with Gasteiger partial charge in [0.15, 0.2) is 0 Å². The first-order chi connectivity index (χ1) is 8.54. The van der Waals surface area contributed by atoms with Crippen LogP contribution in [0.2, 0.25) is 5.02 Å². The maximum Gasteiger partial charge on any atom is 0.0890 e. The number of hydrogen-bond donors (Lipinski definition) is 2. The predicted molar refractivity (Wildman–Crippen MR) is 79.2 cm³/mol. The van der Waals surface area contributed by atoms with E-state index in [1.807, 2.05) is 25.2 Å². The van der Waals surface area contributed by atoms with Gasteiger partial charge in [-0.25, -0.2) is 5.43 Å². The fourth-order valence-corrected chi connectivity index (χ4v) is 2.78. The first-order valence-electron chi connectivity index (χ1n) is 5.13. The number of halogens is 3. The van der Waals surface area contributed by atoms with Crippen LogP contribution in [-0.2, 0) is 7.05 Å². The van der Waals surface area contributed by atoms with Crippen LogP contribution in [0.4, 0.5) is 0 Å². The number of aryl methyl sites for hydroxylation is 1. The minimum Gasteiger partial charge on any atom is -0.271 e. The first-order valence-corrected chi connectivity index (χ1v) is 7.09. The van der Waals surface area contributed by atoms with Gasteiger partial charge in [0.2, 0.25) is 0 Å². The van der Waals surface area contributed by atoms with Crippen molar-refractivity contribution in [3.8, 4) is 0 Å². The standard InChI is InChI=1S/C11H11Br2ClN4/c1-18-11(8(13)5-16-18)10(17-15)6-2-3-7(12)9(14)4-6/h2-5,10,17H,15H2,1H3. The minimum atomic E-state index is -0.183. The van der Waals surface area contributed by atoms with Crippen LogP contribution in [0.1, 0.15) is 17.3 Å². The number of nitrogens with one attached hydrogen (secondary N) is 1. The molecule has 1 aromatic carbocycles. The summed E-state index contributed by atoms with van der Waals surface area (Å²) in [5.74, 6) is 5.66. The molecular weight excluding hydrogens is 383 g/mol.